The molecule has 0 aliphatic carbocycles. The van der Waals surface area contributed by atoms with Gasteiger partial charge < -0.3 is 14.2 Å². The fourth-order valence-corrected chi connectivity index (χ4v) is 2.49. The Balaban J connectivity index is 2.02. The molecule has 0 unspecified atom stereocenters. The molecule has 23 heavy (non-hydrogen) atoms. The molecular weight excluding hydrogens is 298 g/mol. The van der Waals surface area contributed by atoms with Gasteiger partial charge in [-0.3, -0.25) is 0 Å². The van der Waals surface area contributed by atoms with Crippen molar-refractivity contribution in [3.63, 3.8) is 0 Å². The van der Waals surface area contributed by atoms with Gasteiger partial charge in [0.1, 0.15) is 12.2 Å². The van der Waals surface area contributed by atoms with Gasteiger partial charge in [-0.05, 0) is 38.4 Å². The van der Waals surface area contributed by atoms with Crippen LogP contribution in [0.1, 0.15) is 36.2 Å². The number of hydrogen-bond acceptors (Lipinski definition) is 5. The highest BCUT2D eigenvalue weighted by Crippen LogP contribution is 2.34. The van der Waals surface area contributed by atoms with E-state index < -0.39 is 23.9 Å². The summed E-state index contributed by atoms with van der Waals surface area (Å²) < 4.78 is 16.6. The van der Waals surface area contributed by atoms with Gasteiger partial charge in [0.25, 0.3) is 0 Å². The number of benzene rings is 1. The Morgan fingerprint density at radius 1 is 1.48 bits per heavy atom. The number of azide groups is 1. The van der Waals surface area contributed by atoms with Crippen LogP contribution in [0.5, 0.6) is 0 Å². The molecule has 3 atom stereocenters. The lowest BCUT2D eigenvalue weighted by molar-refractivity contribution is -0.172. The number of nitrogens with zero attached hydrogens (tertiary/aromatic N) is 3. The standard InChI is InChI=1S/C16H21N3O4/c1-4-21-14-9-13(18-19-17)16(3,23-14)10-22-15(20)12-7-5-11(2)6-8-12/h5-8,13-14H,4,9-10H2,1-3H3/t13-,14-,16+/m0/s1. The van der Waals surface area contributed by atoms with Crippen LogP contribution in [0.2, 0.25) is 0 Å². The molecule has 1 aliphatic heterocycles. The third-order valence-corrected chi connectivity index (χ3v) is 3.84. The van der Waals surface area contributed by atoms with E-state index in [4.69, 9.17) is 19.7 Å². The summed E-state index contributed by atoms with van der Waals surface area (Å²) in [5.41, 5.74) is 9.35. The highest BCUT2D eigenvalue weighted by Gasteiger charge is 2.46. The van der Waals surface area contributed by atoms with E-state index >= 15 is 0 Å². The average molecular weight is 319 g/mol. The van der Waals surface area contributed by atoms with Crippen LogP contribution in [0.3, 0.4) is 0 Å². The Morgan fingerprint density at radius 3 is 2.78 bits per heavy atom. The summed E-state index contributed by atoms with van der Waals surface area (Å²) in [7, 11) is 0. The Kier molecular flexibility index (Phi) is 5.60. The summed E-state index contributed by atoms with van der Waals surface area (Å²) >= 11 is 0. The van der Waals surface area contributed by atoms with Crippen LogP contribution in [0.15, 0.2) is 29.4 Å². The Morgan fingerprint density at radius 2 is 2.17 bits per heavy atom. The second-order valence-corrected chi connectivity index (χ2v) is 5.71. The molecule has 0 bridgehead atoms. The molecule has 0 saturated carbocycles. The minimum atomic E-state index is -0.896. The Labute approximate surface area is 135 Å². The Hall–Kier alpha value is -2.08. The van der Waals surface area contributed by atoms with Crippen molar-refractivity contribution in [1.82, 2.24) is 0 Å². The third-order valence-electron chi connectivity index (χ3n) is 3.84. The summed E-state index contributed by atoms with van der Waals surface area (Å²) in [5, 5.41) is 3.76. The largest absolute Gasteiger partial charge is 0.459 e. The van der Waals surface area contributed by atoms with E-state index in [0.29, 0.717) is 18.6 Å². The van der Waals surface area contributed by atoms with Gasteiger partial charge in [-0.25, -0.2) is 4.79 Å². The topological polar surface area (TPSA) is 93.5 Å². The minimum absolute atomic E-state index is 0.00697. The minimum Gasteiger partial charge on any atom is -0.459 e. The second kappa shape index (κ2) is 7.46. The van der Waals surface area contributed by atoms with Gasteiger partial charge in [0, 0.05) is 17.9 Å². The zero-order valence-corrected chi connectivity index (χ0v) is 13.6. The van der Waals surface area contributed by atoms with Crippen LogP contribution in [0, 0.1) is 6.92 Å². The van der Waals surface area contributed by atoms with E-state index in [1.54, 1.807) is 19.1 Å². The Bertz CT molecular complexity index is 598. The number of rotatable bonds is 6. The van der Waals surface area contributed by atoms with Gasteiger partial charge in [0.05, 0.1) is 11.6 Å². The third kappa shape index (κ3) is 4.22. The quantitative estimate of drug-likeness (QED) is 0.348. The first kappa shape index (κ1) is 17.3. The molecule has 124 valence electrons. The predicted molar refractivity (Wildman–Crippen MR) is 83.9 cm³/mol. The zero-order chi connectivity index (χ0) is 16.9. The molecule has 2 rings (SSSR count). The fourth-order valence-electron chi connectivity index (χ4n) is 2.49. The van der Waals surface area contributed by atoms with Crippen molar-refractivity contribution in [3.8, 4) is 0 Å². The van der Waals surface area contributed by atoms with Crippen LogP contribution in [-0.4, -0.2) is 37.1 Å². The monoisotopic (exact) mass is 319 g/mol. The normalized spacial score (nSPS) is 26.6. The molecule has 1 saturated heterocycles. The van der Waals surface area contributed by atoms with Crippen molar-refractivity contribution in [2.75, 3.05) is 13.2 Å². The van der Waals surface area contributed by atoms with Crippen LogP contribution in [-0.2, 0) is 14.2 Å². The number of aryl methyl sites for hydroxylation is 1. The first-order chi connectivity index (χ1) is 11.0. The number of carbonyl (C=O) groups excluding carboxylic acids is 1. The van der Waals surface area contributed by atoms with Crippen molar-refractivity contribution in [2.24, 2.45) is 5.11 Å². The summed E-state index contributed by atoms with van der Waals surface area (Å²) in [6, 6.07) is 6.67. The first-order valence-corrected chi connectivity index (χ1v) is 7.56. The van der Waals surface area contributed by atoms with Gasteiger partial charge in [0.2, 0.25) is 0 Å². The molecule has 0 spiro atoms. The highest BCUT2D eigenvalue weighted by atomic mass is 16.7. The SMILES string of the molecule is CCO[C@@H]1C[C@H](N=[N+]=[N-])[C@@](C)(COC(=O)c2ccc(C)cc2)O1. The van der Waals surface area contributed by atoms with E-state index in [2.05, 4.69) is 10.0 Å². The maximum absolute atomic E-state index is 12.1. The molecule has 0 radical (unpaired) electrons. The number of carbonyl (C=O) groups is 1. The van der Waals surface area contributed by atoms with Crippen LogP contribution in [0.4, 0.5) is 0 Å². The van der Waals surface area contributed by atoms with Crippen LogP contribution in [0.25, 0.3) is 10.4 Å². The molecule has 0 amide bonds. The van der Waals surface area contributed by atoms with Crippen molar-refractivity contribution >= 4 is 5.97 Å². The molecule has 0 N–H and O–H groups in total. The summed E-state index contributed by atoms with van der Waals surface area (Å²) in [6.45, 7) is 6.05. The van der Waals surface area contributed by atoms with E-state index in [0.717, 1.165) is 5.56 Å². The number of hydrogen-bond donors (Lipinski definition) is 0. The van der Waals surface area contributed by atoms with Crippen LogP contribution >= 0.6 is 0 Å². The number of ether oxygens (including phenoxy) is 3. The van der Waals surface area contributed by atoms with Gasteiger partial charge in [0.15, 0.2) is 6.29 Å². The smallest absolute Gasteiger partial charge is 0.338 e. The van der Waals surface area contributed by atoms with E-state index in [1.807, 2.05) is 26.0 Å². The molecule has 1 aromatic carbocycles. The molecular formula is C16H21N3O4. The van der Waals surface area contributed by atoms with E-state index in [9.17, 15) is 4.79 Å². The fraction of sp³-hybridized carbons (Fsp3) is 0.562. The summed E-state index contributed by atoms with van der Waals surface area (Å²) in [4.78, 5) is 15.0. The lowest BCUT2D eigenvalue weighted by Crippen LogP contribution is -2.40. The molecule has 0 aromatic heterocycles. The van der Waals surface area contributed by atoms with E-state index in [-0.39, 0.29) is 6.61 Å². The first-order valence-electron chi connectivity index (χ1n) is 7.56. The predicted octanol–water partition coefficient (Wildman–Crippen LogP) is 3.37. The maximum Gasteiger partial charge on any atom is 0.338 e. The van der Waals surface area contributed by atoms with Crippen molar-refractivity contribution in [2.45, 2.75) is 45.1 Å². The second-order valence-electron chi connectivity index (χ2n) is 5.71. The maximum atomic E-state index is 12.1. The van der Waals surface area contributed by atoms with Crippen molar-refractivity contribution in [3.05, 3.63) is 45.8 Å². The van der Waals surface area contributed by atoms with Gasteiger partial charge in [-0.15, -0.1) is 0 Å². The van der Waals surface area contributed by atoms with E-state index in [1.165, 1.54) is 0 Å². The van der Waals surface area contributed by atoms with Crippen molar-refractivity contribution in [1.29, 1.82) is 0 Å². The molecule has 1 aliphatic rings. The molecule has 1 aromatic rings. The lowest BCUT2D eigenvalue weighted by Gasteiger charge is -2.27. The van der Waals surface area contributed by atoms with Crippen molar-refractivity contribution < 1.29 is 19.0 Å². The number of esters is 1. The summed E-state index contributed by atoms with van der Waals surface area (Å²) in [5.74, 6) is -0.436. The summed E-state index contributed by atoms with van der Waals surface area (Å²) in [6.07, 6.45) is -0.0187. The average Bonchev–Trinajstić information content (AvgIpc) is 2.83. The van der Waals surface area contributed by atoms with Gasteiger partial charge in [-0.2, -0.15) is 0 Å². The van der Waals surface area contributed by atoms with Gasteiger partial charge in [-0.1, -0.05) is 22.8 Å². The van der Waals surface area contributed by atoms with Gasteiger partial charge >= 0.3 is 5.97 Å². The molecule has 7 heteroatoms. The molecule has 1 fully saturated rings. The molecule has 1 heterocycles. The highest BCUT2D eigenvalue weighted by molar-refractivity contribution is 5.89. The zero-order valence-electron chi connectivity index (χ0n) is 13.6. The molecule has 7 nitrogen and oxygen atoms in total. The van der Waals surface area contributed by atoms with Crippen LogP contribution < -0.4 is 0 Å². The lowest BCUT2D eigenvalue weighted by atomic mass is 9.98.